The van der Waals surface area contributed by atoms with Gasteiger partial charge in [0.25, 0.3) is 0 Å². The van der Waals surface area contributed by atoms with Crippen molar-refractivity contribution < 1.29 is 22.7 Å². The minimum absolute atomic E-state index is 0. The van der Waals surface area contributed by atoms with Crippen LogP contribution < -0.4 is 15.8 Å². The Morgan fingerprint density at radius 2 is 1.91 bits per heavy atom. The summed E-state index contributed by atoms with van der Waals surface area (Å²) in [6.07, 6.45) is -2.12. The van der Waals surface area contributed by atoms with Gasteiger partial charge in [-0.1, -0.05) is 18.6 Å². The quantitative estimate of drug-likeness (QED) is 0.887. The van der Waals surface area contributed by atoms with E-state index in [0.29, 0.717) is 5.56 Å². The molecule has 2 rings (SSSR count). The Hall–Kier alpha value is -1.47. The number of halogens is 4. The van der Waals surface area contributed by atoms with E-state index in [9.17, 15) is 18.0 Å². The summed E-state index contributed by atoms with van der Waals surface area (Å²) < 4.78 is 39.8. The van der Waals surface area contributed by atoms with Crippen molar-refractivity contribution in [2.24, 2.45) is 11.7 Å². The van der Waals surface area contributed by atoms with Crippen molar-refractivity contribution in [2.75, 3.05) is 0 Å². The number of carbonyl (C=O) groups is 1. The molecule has 1 fully saturated rings. The monoisotopic (exact) mass is 338 g/mol. The second-order valence-electron chi connectivity index (χ2n) is 5.11. The van der Waals surface area contributed by atoms with Gasteiger partial charge in [0.2, 0.25) is 5.91 Å². The largest absolute Gasteiger partial charge is 0.573 e. The summed E-state index contributed by atoms with van der Waals surface area (Å²) in [4.78, 5) is 11.9. The van der Waals surface area contributed by atoms with Crippen LogP contribution in [0.4, 0.5) is 13.2 Å². The molecule has 0 aromatic heterocycles. The second-order valence-corrected chi connectivity index (χ2v) is 5.11. The number of alkyl halides is 3. The molecule has 1 aromatic rings. The van der Waals surface area contributed by atoms with Gasteiger partial charge in [-0.15, -0.1) is 25.6 Å². The first-order valence-electron chi connectivity index (χ1n) is 6.73. The molecule has 0 heterocycles. The van der Waals surface area contributed by atoms with Gasteiger partial charge in [-0.05, 0) is 30.5 Å². The van der Waals surface area contributed by atoms with Gasteiger partial charge >= 0.3 is 6.36 Å². The maximum atomic E-state index is 12.0. The van der Waals surface area contributed by atoms with Crippen LogP contribution in [-0.2, 0) is 11.3 Å². The Morgan fingerprint density at radius 1 is 1.27 bits per heavy atom. The van der Waals surface area contributed by atoms with Gasteiger partial charge < -0.3 is 15.8 Å². The lowest BCUT2D eigenvalue weighted by molar-refractivity contribution is -0.274. The van der Waals surface area contributed by atoms with Crippen LogP contribution in [-0.4, -0.2) is 18.3 Å². The van der Waals surface area contributed by atoms with Gasteiger partial charge in [-0.3, -0.25) is 4.79 Å². The first kappa shape index (κ1) is 18.6. The Labute approximate surface area is 132 Å². The SMILES string of the molecule is Cl.NC1CCCC1C(=O)NCc1ccc(OC(F)(F)F)cc1. The summed E-state index contributed by atoms with van der Waals surface area (Å²) in [5, 5.41) is 2.76. The highest BCUT2D eigenvalue weighted by atomic mass is 35.5. The van der Waals surface area contributed by atoms with Gasteiger partial charge in [0, 0.05) is 12.6 Å². The van der Waals surface area contributed by atoms with E-state index < -0.39 is 6.36 Å². The first-order valence-corrected chi connectivity index (χ1v) is 6.73. The topological polar surface area (TPSA) is 64.4 Å². The first-order chi connectivity index (χ1) is 9.85. The van der Waals surface area contributed by atoms with Crippen molar-refractivity contribution in [1.29, 1.82) is 0 Å². The molecule has 22 heavy (non-hydrogen) atoms. The smallest absolute Gasteiger partial charge is 0.406 e. The number of hydrogen-bond acceptors (Lipinski definition) is 3. The average Bonchev–Trinajstić information content (AvgIpc) is 2.82. The summed E-state index contributed by atoms with van der Waals surface area (Å²) in [6, 6.07) is 5.30. The fraction of sp³-hybridized carbons (Fsp3) is 0.500. The molecule has 124 valence electrons. The van der Waals surface area contributed by atoms with Gasteiger partial charge in [-0.25, -0.2) is 0 Å². The normalized spacial score (nSPS) is 21.1. The van der Waals surface area contributed by atoms with Crippen LogP contribution >= 0.6 is 12.4 Å². The Bertz CT molecular complexity index is 494. The van der Waals surface area contributed by atoms with Crippen LogP contribution in [0.25, 0.3) is 0 Å². The Morgan fingerprint density at radius 3 is 2.41 bits per heavy atom. The van der Waals surface area contributed by atoms with Gasteiger partial charge in [0.05, 0.1) is 5.92 Å². The minimum Gasteiger partial charge on any atom is -0.406 e. The molecule has 1 aliphatic carbocycles. The molecule has 1 amide bonds. The molecular weight excluding hydrogens is 321 g/mol. The summed E-state index contributed by atoms with van der Waals surface area (Å²) >= 11 is 0. The van der Waals surface area contributed by atoms with E-state index in [-0.39, 0.29) is 42.6 Å². The van der Waals surface area contributed by atoms with E-state index >= 15 is 0 Å². The molecule has 0 bridgehead atoms. The molecule has 2 unspecified atom stereocenters. The summed E-state index contributed by atoms with van der Waals surface area (Å²) in [6.45, 7) is 0.258. The molecular formula is C14H18ClF3N2O2. The number of rotatable bonds is 4. The number of amides is 1. The molecule has 4 nitrogen and oxygen atoms in total. The molecule has 1 aliphatic rings. The average molecular weight is 339 g/mol. The van der Waals surface area contributed by atoms with Gasteiger partial charge in [-0.2, -0.15) is 0 Å². The van der Waals surface area contributed by atoms with Crippen LogP contribution in [0, 0.1) is 5.92 Å². The van der Waals surface area contributed by atoms with Crippen LogP contribution in [0.2, 0.25) is 0 Å². The molecule has 0 spiro atoms. The molecule has 1 aromatic carbocycles. The number of nitrogens with one attached hydrogen (secondary N) is 1. The molecule has 0 saturated heterocycles. The van der Waals surface area contributed by atoms with E-state index in [1.165, 1.54) is 24.3 Å². The molecule has 2 atom stereocenters. The lowest BCUT2D eigenvalue weighted by atomic mass is 10.0. The van der Waals surface area contributed by atoms with E-state index in [0.717, 1.165) is 19.3 Å². The third-order valence-corrected chi connectivity index (χ3v) is 3.53. The maximum Gasteiger partial charge on any atom is 0.573 e. The molecule has 0 aliphatic heterocycles. The van der Waals surface area contributed by atoms with E-state index in [1.54, 1.807) is 0 Å². The fourth-order valence-corrected chi connectivity index (χ4v) is 2.44. The Balaban J connectivity index is 0.00000242. The zero-order chi connectivity index (χ0) is 15.5. The number of carbonyl (C=O) groups excluding carboxylic acids is 1. The standard InChI is InChI=1S/C14H17F3N2O2.ClH/c15-14(16,17)21-10-6-4-9(5-7-10)8-19-13(20)11-2-1-3-12(11)18;/h4-7,11-12H,1-3,8,18H2,(H,19,20);1H. The zero-order valence-corrected chi connectivity index (χ0v) is 12.5. The molecule has 3 N–H and O–H groups in total. The minimum atomic E-state index is -4.70. The zero-order valence-electron chi connectivity index (χ0n) is 11.7. The van der Waals surface area contributed by atoms with E-state index in [4.69, 9.17) is 5.73 Å². The maximum absolute atomic E-state index is 12.0. The van der Waals surface area contributed by atoms with Crippen LogP contribution in [0.15, 0.2) is 24.3 Å². The third-order valence-electron chi connectivity index (χ3n) is 3.53. The van der Waals surface area contributed by atoms with Crippen molar-refractivity contribution in [3.63, 3.8) is 0 Å². The lowest BCUT2D eigenvalue weighted by Crippen LogP contribution is -2.38. The number of hydrogen-bond donors (Lipinski definition) is 2. The highest BCUT2D eigenvalue weighted by molar-refractivity contribution is 5.85. The predicted molar refractivity (Wildman–Crippen MR) is 77.5 cm³/mol. The number of ether oxygens (including phenoxy) is 1. The molecule has 1 saturated carbocycles. The van der Waals surface area contributed by atoms with Crippen molar-refractivity contribution >= 4 is 18.3 Å². The summed E-state index contributed by atoms with van der Waals surface area (Å²) in [5.41, 5.74) is 6.54. The summed E-state index contributed by atoms with van der Waals surface area (Å²) in [5.74, 6) is -0.552. The Kier molecular flexibility index (Phi) is 6.49. The van der Waals surface area contributed by atoms with Gasteiger partial charge in [0.1, 0.15) is 5.75 Å². The van der Waals surface area contributed by atoms with E-state index in [2.05, 4.69) is 10.1 Å². The van der Waals surface area contributed by atoms with Crippen molar-refractivity contribution in [3.05, 3.63) is 29.8 Å². The number of nitrogens with two attached hydrogens (primary N) is 1. The van der Waals surface area contributed by atoms with E-state index in [1.807, 2.05) is 0 Å². The van der Waals surface area contributed by atoms with Gasteiger partial charge in [0.15, 0.2) is 0 Å². The third kappa shape index (κ3) is 5.38. The van der Waals surface area contributed by atoms with Crippen molar-refractivity contribution in [3.8, 4) is 5.75 Å². The second kappa shape index (κ2) is 7.69. The van der Waals surface area contributed by atoms with Crippen LogP contribution in [0.3, 0.4) is 0 Å². The number of benzene rings is 1. The molecule has 8 heteroatoms. The summed E-state index contributed by atoms with van der Waals surface area (Å²) in [7, 11) is 0. The van der Waals surface area contributed by atoms with Crippen molar-refractivity contribution in [2.45, 2.75) is 38.2 Å². The lowest BCUT2D eigenvalue weighted by Gasteiger charge is -2.15. The highest BCUT2D eigenvalue weighted by Gasteiger charge is 2.31. The molecule has 0 radical (unpaired) electrons. The predicted octanol–water partition coefficient (Wildman–Crippen LogP) is 2.75. The highest BCUT2D eigenvalue weighted by Crippen LogP contribution is 2.24. The fourth-order valence-electron chi connectivity index (χ4n) is 2.44. The van der Waals surface area contributed by atoms with Crippen LogP contribution in [0.5, 0.6) is 5.75 Å². The van der Waals surface area contributed by atoms with Crippen LogP contribution in [0.1, 0.15) is 24.8 Å². The van der Waals surface area contributed by atoms with Crippen molar-refractivity contribution in [1.82, 2.24) is 5.32 Å².